The van der Waals surface area contributed by atoms with Crippen molar-refractivity contribution in [3.8, 4) is 23.0 Å². The lowest BCUT2D eigenvalue weighted by Crippen LogP contribution is -2.59. The Hall–Kier alpha value is -5.04. The van der Waals surface area contributed by atoms with Gasteiger partial charge in [-0.1, -0.05) is 31.4 Å². The van der Waals surface area contributed by atoms with E-state index in [2.05, 4.69) is 39.1 Å². The van der Waals surface area contributed by atoms with Crippen molar-refractivity contribution >= 4 is 22.8 Å². The number of halogens is 1. The number of pyridine rings is 1. The number of hydrogen-bond acceptors (Lipinski definition) is 7. The van der Waals surface area contributed by atoms with Crippen LogP contribution in [-0.2, 0) is 4.79 Å². The Kier molecular flexibility index (Phi) is 7.05. The summed E-state index contributed by atoms with van der Waals surface area (Å²) in [4.78, 5) is 32.5. The quantitative estimate of drug-likeness (QED) is 0.335. The number of nitrogens with zero attached hydrogens (tertiary/aromatic N) is 8. The minimum atomic E-state index is -0.378. The molecule has 1 fully saturated rings. The first-order valence-electron chi connectivity index (χ1n) is 12.8. The number of rotatable bonds is 6. The van der Waals surface area contributed by atoms with E-state index in [1.807, 2.05) is 18.7 Å². The summed E-state index contributed by atoms with van der Waals surface area (Å²) in [7, 11) is 1.74. The maximum atomic E-state index is 15.2. The first-order chi connectivity index (χ1) is 19.2. The number of nitriles is 1. The molecule has 1 aromatic carbocycles. The Balaban J connectivity index is 1.64. The smallest absolute Gasteiger partial charge is 0.270 e. The van der Waals surface area contributed by atoms with Gasteiger partial charge in [0.1, 0.15) is 23.8 Å². The highest BCUT2D eigenvalue weighted by Gasteiger charge is 2.35. The van der Waals surface area contributed by atoms with Crippen molar-refractivity contribution in [2.45, 2.75) is 25.9 Å². The Morgan fingerprint density at radius 2 is 1.93 bits per heavy atom. The molecule has 40 heavy (non-hydrogen) atoms. The van der Waals surface area contributed by atoms with E-state index in [4.69, 9.17) is 0 Å². The Bertz CT molecular complexity index is 1670. The summed E-state index contributed by atoms with van der Waals surface area (Å²) in [5.41, 5.74) is 2.33. The highest BCUT2D eigenvalue weighted by Crippen LogP contribution is 2.39. The van der Waals surface area contributed by atoms with Crippen LogP contribution in [0.2, 0.25) is 0 Å². The number of likely N-dealkylation sites (N-methyl/N-ethyl adjacent to an activating group) is 1. The van der Waals surface area contributed by atoms with Gasteiger partial charge in [0.15, 0.2) is 5.65 Å². The lowest BCUT2D eigenvalue weighted by Gasteiger charge is -2.45. The highest BCUT2D eigenvalue weighted by atomic mass is 19.1. The van der Waals surface area contributed by atoms with Crippen LogP contribution in [0, 0.1) is 17.1 Å². The molecule has 0 aliphatic carbocycles. The molecule has 0 bridgehead atoms. The van der Waals surface area contributed by atoms with Crippen molar-refractivity contribution in [3.05, 3.63) is 91.6 Å². The summed E-state index contributed by atoms with van der Waals surface area (Å²) >= 11 is 0. The number of hydrogen-bond donors (Lipinski definition) is 0. The van der Waals surface area contributed by atoms with Crippen molar-refractivity contribution in [1.29, 1.82) is 5.26 Å². The van der Waals surface area contributed by atoms with Gasteiger partial charge in [-0.25, -0.2) is 19.3 Å². The number of anilines is 1. The maximum Gasteiger partial charge on any atom is 0.270 e. The van der Waals surface area contributed by atoms with E-state index in [0.29, 0.717) is 58.1 Å². The summed E-state index contributed by atoms with van der Waals surface area (Å²) < 4.78 is 16.9. The zero-order chi connectivity index (χ0) is 28.6. The summed E-state index contributed by atoms with van der Waals surface area (Å²) in [5, 5.41) is 10.1. The first-order valence-corrected chi connectivity index (χ1v) is 12.8. The van der Waals surface area contributed by atoms with Crippen molar-refractivity contribution in [2.75, 3.05) is 25.0 Å². The van der Waals surface area contributed by atoms with E-state index in [9.17, 15) is 10.1 Å². The molecule has 0 N–H and O–H groups in total. The lowest BCUT2D eigenvalue weighted by molar-refractivity contribution is -0.131. The number of aromatic nitrogens is 4. The van der Waals surface area contributed by atoms with Crippen LogP contribution in [0.25, 0.3) is 28.0 Å². The molecule has 9 nitrogen and oxygen atoms in total. The van der Waals surface area contributed by atoms with Crippen molar-refractivity contribution < 1.29 is 9.18 Å². The molecule has 202 valence electrons. The molecule has 1 aliphatic rings. The van der Waals surface area contributed by atoms with Gasteiger partial charge in [-0.15, -0.1) is 0 Å². The summed E-state index contributed by atoms with van der Waals surface area (Å²) in [6.07, 6.45) is 6.37. The van der Waals surface area contributed by atoms with Gasteiger partial charge in [0.25, 0.3) is 5.91 Å². The molecule has 2 atom stereocenters. The van der Waals surface area contributed by atoms with Crippen LogP contribution in [0.1, 0.15) is 19.4 Å². The Morgan fingerprint density at radius 1 is 1.15 bits per heavy atom. The molecule has 5 rings (SSSR count). The van der Waals surface area contributed by atoms with Gasteiger partial charge >= 0.3 is 0 Å². The van der Waals surface area contributed by atoms with Crippen LogP contribution < -0.4 is 4.90 Å². The summed E-state index contributed by atoms with van der Waals surface area (Å²) in [5.74, 6) is 0.581. The van der Waals surface area contributed by atoms with E-state index >= 15 is 4.39 Å². The Morgan fingerprint density at radius 3 is 2.65 bits per heavy atom. The highest BCUT2D eigenvalue weighted by molar-refractivity contribution is 6.02. The molecular weight excluding hydrogens is 507 g/mol. The average Bonchev–Trinajstić information content (AvgIpc) is 3.37. The van der Waals surface area contributed by atoms with Gasteiger partial charge in [-0.05, 0) is 38.2 Å². The van der Waals surface area contributed by atoms with E-state index in [-0.39, 0.29) is 23.8 Å². The molecule has 10 heteroatoms. The topological polar surface area (TPSA) is 94.2 Å². The zero-order valence-corrected chi connectivity index (χ0v) is 22.6. The molecule has 1 amide bonds. The largest absolute Gasteiger partial charge is 0.349 e. The van der Waals surface area contributed by atoms with Crippen LogP contribution in [0.15, 0.2) is 80.2 Å². The third-order valence-corrected chi connectivity index (χ3v) is 7.31. The fourth-order valence-corrected chi connectivity index (χ4v) is 5.07. The summed E-state index contributed by atoms with van der Waals surface area (Å²) in [6, 6.07) is 11.7. The molecule has 4 aromatic rings. The van der Waals surface area contributed by atoms with Crippen molar-refractivity contribution in [3.63, 3.8) is 0 Å². The minimum Gasteiger partial charge on any atom is -0.349 e. The van der Waals surface area contributed by atoms with E-state index < -0.39 is 0 Å². The molecule has 0 spiro atoms. The molecule has 0 unspecified atom stereocenters. The first kappa shape index (κ1) is 26.6. The fraction of sp³-hybridized carbons (Fsp3) is 0.233. The fourth-order valence-electron chi connectivity index (χ4n) is 5.07. The van der Waals surface area contributed by atoms with E-state index in [1.54, 1.807) is 65.4 Å². The molecule has 3 aromatic heterocycles. The van der Waals surface area contributed by atoms with Crippen LogP contribution in [0.3, 0.4) is 0 Å². The van der Waals surface area contributed by atoms with Gasteiger partial charge in [-0.3, -0.25) is 9.36 Å². The Labute approximate surface area is 232 Å². The molecule has 1 aliphatic heterocycles. The minimum absolute atomic E-state index is 0.114. The van der Waals surface area contributed by atoms with Gasteiger partial charge < -0.3 is 14.7 Å². The van der Waals surface area contributed by atoms with Crippen LogP contribution in [-0.4, -0.2) is 67.4 Å². The molecule has 0 radical (unpaired) electrons. The number of fused-ring (bicyclic) bond motifs is 1. The third-order valence-electron chi connectivity index (χ3n) is 7.31. The predicted molar refractivity (Wildman–Crippen MR) is 152 cm³/mol. The van der Waals surface area contributed by atoms with Crippen LogP contribution >= 0.6 is 0 Å². The monoisotopic (exact) mass is 536 g/mol. The maximum absolute atomic E-state index is 15.2. The standard InChI is InChI=1S/C30H29FN8O/c1-6-36(5)21(4)30(40)38-16-19(2)37(15-20(38)3)28-27-24(23-9-7-8-10-25(23)31)17-39(29(27)35-18-34-28)26-13-22(14-32)11-12-33-26/h6-13,17-20H,1,4,15-16H2,2-3,5H3/t19-,20+/m0/s1. The molecular formula is C30H29FN8O. The van der Waals surface area contributed by atoms with E-state index in [1.165, 1.54) is 12.4 Å². The van der Waals surface area contributed by atoms with Gasteiger partial charge in [0, 0.05) is 55.7 Å². The van der Waals surface area contributed by atoms with Gasteiger partial charge in [-0.2, -0.15) is 5.26 Å². The zero-order valence-electron chi connectivity index (χ0n) is 22.6. The number of benzene rings is 1. The number of carbonyl (C=O) groups excluding carboxylic acids is 1. The lowest BCUT2D eigenvalue weighted by atomic mass is 10.0. The third kappa shape index (κ3) is 4.56. The molecule has 1 saturated heterocycles. The molecule has 4 heterocycles. The van der Waals surface area contributed by atoms with Crippen LogP contribution in [0.5, 0.6) is 0 Å². The number of piperazine rings is 1. The van der Waals surface area contributed by atoms with Crippen molar-refractivity contribution in [1.82, 2.24) is 29.3 Å². The second kappa shape index (κ2) is 10.6. The SMILES string of the molecule is C=CN(C)C(=C)C(=O)N1C[C@H](C)N(c2ncnc3c2c(-c2ccccc2F)cn3-c2cc(C#N)ccn2)C[C@H]1C. The number of amides is 1. The predicted octanol–water partition coefficient (Wildman–Crippen LogP) is 4.51. The van der Waals surface area contributed by atoms with Crippen LogP contribution in [0.4, 0.5) is 10.2 Å². The second-order valence-electron chi connectivity index (χ2n) is 9.85. The average molecular weight is 537 g/mol. The van der Waals surface area contributed by atoms with Gasteiger partial charge in [0.05, 0.1) is 22.7 Å². The van der Waals surface area contributed by atoms with Gasteiger partial charge in [0.2, 0.25) is 0 Å². The second-order valence-corrected chi connectivity index (χ2v) is 9.85. The number of carbonyl (C=O) groups is 1. The van der Waals surface area contributed by atoms with E-state index in [0.717, 1.165) is 0 Å². The molecule has 0 saturated carbocycles. The van der Waals surface area contributed by atoms with Crippen molar-refractivity contribution in [2.24, 2.45) is 0 Å². The summed E-state index contributed by atoms with van der Waals surface area (Å²) in [6.45, 7) is 12.6. The normalized spacial score (nSPS) is 17.0.